The third-order valence-electron chi connectivity index (χ3n) is 3.97. The van der Waals surface area contributed by atoms with Crippen LogP contribution in [-0.2, 0) is 9.53 Å². The minimum absolute atomic E-state index is 0.0374. The average molecular weight is 429 g/mol. The highest BCUT2D eigenvalue weighted by Gasteiger charge is 2.20. The molecule has 0 saturated carbocycles. The quantitative estimate of drug-likeness (QED) is 0.609. The second-order valence-electron chi connectivity index (χ2n) is 5.75. The fourth-order valence-corrected chi connectivity index (χ4v) is 2.99. The molecule has 2 aromatic carbocycles. The van der Waals surface area contributed by atoms with Crippen molar-refractivity contribution in [2.45, 2.75) is 12.5 Å². The molecule has 1 amide bonds. The zero-order valence-electron chi connectivity index (χ0n) is 14.5. The summed E-state index contributed by atoms with van der Waals surface area (Å²) in [5, 5.41) is 6.95. The molecule has 1 aromatic heterocycles. The molecule has 8 heteroatoms. The monoisotopic (exact) mass is 428 g/mol. The van der Waals surface area contributed by atoms with Crippen LogP contribution >= 0.6 is 15.9 Å². The lowest BCUT2D eigenvalue weighted by atomic mass is 10.0. The minimum atomic E-state index is -0.502. The van der Waals surface area contributed by atoms with E-state index in [1.165, 1.54) is 13.4 Å². The van der Waals surface area contributed by atoms with Crippen LogP contribution in [-0.4, -0.2) is 33.8 Å². The predicted molar refractivity (Wildman–Crippen MR) is 102 cm³/mol. The molecule has 1 unspecified atom stereocenters. The Morgan fingerprint density at radius 2 is 2.00 bits per heavy atom. The summed E-state index contributed by atoms with van der Waals surface area (Å²) >= 11 is 3.41. The van der Waals surface area contributed by atoms with Gasteiger partial charge < -0.3 is 10.1 Å². The van der Waals surface area contributed by atoms with Gasteiger partial charge in [-0.05, 0) is 42.0 Å². The molecular weight excluding hydrogens is 412 g/mol. The number of benzene rings is 2. The van der Waals surface area contributed by atoms with E-state index in [1.54, 1.807) is 35.3 Å². The van der Waals surface area contributed by atoms with Gasteiger partial charge in [-0.1, -0.05) is 28.1 Å². The van der Waals surface area contributed by atoms with Gasteiger partial charge in [-0.3, -0.25) is 9.59 Å². The Hall–Kier alpha value is -3.00. The van der Waals surface area contributed by atoms with Crippen molar-refractivity contribution in [2.75, 3.05) is 7.11 Å². The highest BCUT2D eigenvalue weighted by Crippen LogP contribution is 2.22. The van der Waals surface area contributed by atoms with Crippen molar-refractivity contribution in [3.63, 3.8) is 0 Å². The Kier molecular flexibility index (Phi) is 5.97. The van der Waals surface area contributed by atoms with Gasteiger partial charge in [0.25, 0.3) is 5.91 Å². The molecule has 3 aromatic rings. The summed E-state index contributed by atoms with van der Waals surface area (Å²) in [4.78, 5) is 28.3. The second-order valence-corrected chi connectivity index (χ2v) is 6.66. The van der Waals surface area contributed by atoms with Gasteiger partial charge in [-0.15, -0.1) is 0 Å². The van der Waals surface area contributed by atoms with Crippen molar-refractivity contribution in [2.24, 2.45) is 0 Å². The number of amides is 1. The standard InChI is InChI=1S/C19H17BrN4O3/c1-27-18(25)10-17(14-3-2-4-15(20)9-14)23-19(26)13-5-7-16(8-6-13)24-12-21-11-22-24/h2-9,11-12,17H,10H2,1H3,(H,23,26). The maximum atomic E-state index is 12.7. The Morgan fingerprint density at radius 3 is 2.63 bits per heavy atom. The molecule has 0 fully saturated rings. The lowest BCUT2D eigenvalue weighted by Crippen LogP contribution is -2.30. The van der Waals surface area contributed by atoms with Crippen LogP contribution in [0.2, 0.25) is 0 Å². The molecule has 0 saturated heterocycles. The minimum Gasteiger partial charge on any atom is -0.469 e. The molecule has 0 bridgehead atoms. The van der Waals surface area contributed by atoms with Gasteiger partial charge in [0.1, 0.15) is 12.7 Å². The number of hydrogen-bond donors (Lipinski definition) is 1. The van der Waals surface area contributed by atoms with Crippen LogP contribution in [0.5, 0.6) is 0 Å². The van der Waals surface area contributed by atoms with E-state index in [4.69, 9.17) is 4.74 Å². The number of ether oxygens (including phenoxy) is 1. The maximum Gasteiger partial charge on any atom is 0.307 e. The van der Waals surface area contributed by atoms with E-state index in [0.29, 0.717) is 5.56 Å². The summed E-state index contributed by atoms with van der Waals surface area (Å²) in [5.41, 5.74) is 2.08. The smallest absolute Gasteiger partial charge is 0.307 e. The Morgan fingerprint density at radius 1 is 1.22 bits per heavy atom. The summed E-state index contributed by atoms with van der Waals surface area (Å²) in [6, 6.07) is 13.9. The number of esters is 1. The first-order valence-electron chi connectivity index (χ1n) is 8.15. The average Bonchev–Trinajstić information content (AvgIpc) is 3.22. The number of rotatable bonds is 6. The van der Waals surface area contributed by atoms with Crippen molar-refractivity contribution in [3.8, 4) is 5.69 Å². The van der Waals surface area contributed by atoms with Crippen molar-refractivity contribution < 1.29 is 14.3 Å². The van der Waals surface area contributed by atoms with Gasteiger partial charge in [-0.2, -0.15) is 5.10 Å². The van der Waals surface area contributed by atoms with Crippen LogP contribution in [0.15, 0.2) is 65.7 Å². The largest absolute Gasteiger partial charge is 0.469 e. The van der Waals surface area contributed by atoms with Gasteiger partial charge in [0.05, 0.1) is 25.3 Å². The molecule has 0 aliphatic rings. The lowest BCUT2D eigenvalue weighted by molar-refractivity contribution is -0.141. The Labute approximate surface area is 164 Å². The number of carbonyl (C=O) groups excluding carboxylic acids is 2. The third kappa shape index (κ3) is 4.79. The number of halogens is 1. The summed E-state index contributed by atoms with van der Waals surface area (Å²) in [5.74, 6) is -0.684. The van der Waals surface area contributed by atoms with Crippen LogP contribution in [0.25, 0.3) is 5.69 Å². The molecule has 0 radical (unpaired) electrons. The molecule has 1 N–H and O–H groups in total. The molecule has 1 atom stereocenters. The van der Waals surface area contributed by atoms with E-state index in [1.807, 2.05) is 24.3 Å². The van der Waals surface area contributed by atoms with Gasteiger partial charge in [0.15, 0.2) is 0 Å². The Balaban J connectivity index is 1.78. The summed E-state index contributed by atoms with van der Waals surface area (Å²) in [6.07, 6.45) is 3.06. The molecule has 0 aliphatic carbocycles. The van der Waals surface area contributed by atoms with Crippen molar-refractivity contribution in [1.82, 2.24) is 20.1 Å². The van der Waals surface area contributed by atoms with E-state index in [-0.39, 0.29) is 12.3 Å². The molecule has 7 nitrogen and oxygen atoms in total. The number of hydrogen-bond acceptors (Lipinski definition) is 5. The van der Waals surface area contributed by atoms with Crippen molar-refractivity contribution in [3.05, 3.63) is 76.8 Å². The zero-order valence-corrected chi connectivity index (χ0v) is 16.1. The fraction of sp³-hybridized carbons (Fsp3) is 0.158. The molecule has 27 heavy (non-hydrogen) atoms. The molecule has 3 rings (SSSR count). The second kappa shape index (κ2) is 8.59. The predicted octanol–water partition coefficient (Wildman–Crippen LogP) is 3.06. The van der Waals surface area contributed by atoms with E-state index in [9.17, 15) is 9.59 Å². The van der Waals surface area contributed by atoms with Crippen LogP contribution in [0.3, 0.4) is 0 Å². The number of methoxy groups -OCH3 is 1. The zero-order chi connectivity index (χ0) is 19.2. The number of nitrogens with zero attached hydrogens (tertiary/aromatic N) is 3. The first-order chi connectivity index (χ1) is 13.1. The van der Waals surface area contributed by atoms with Crippen molar-refractivity contribution in [1.29, 1.82) is 0 Å². The first kappa shape index (κ1) is 18.8. The highest BCUT2D eigenvalue weighted by molar-refractivity contribution is 9.10. The lowest BCUT2D eigenvalue weighted by Gasteiger charge is -2.18. The van der Waals surface area contributed by atoms with Gasteiger partial charge in [0.2, 0.25) is 0 Å². The van der Waals surface area contributed by atoms with Crippen LogP contribution < -0.4 is 5.32 Å². The Bertz CT molecular complexity index is 926. The summed E-state index contributed by atoms with van der Waals surface area (Å²) in [6.45, 7) is 0. The number of aromatic nitrogens is 3. The fourth-order valence-electron chi connectivity index (χ4n) is 2.57. The van der Waals surface area contributed by atoms with E-state index in [2.05, 4.69) is 31.3 Å². The molecule has 0 spiro atoms. The van der Waals surface area contributed by atoms with E-state index >= 15 is 0 Å². The number of nitrogens with one attached hydrogen (secondary N) is 1. The first-order valence-corrected chi connectivity index (χ1v) is 8.94. The summed E-state index contributed by atoms with van der Waals surface area (Å²) in [7, 11) is 1.32. The van der Waals surface area contributed by atoms with Crippen LogP contribution in [0.4, 0.5) is 0 Å². The van der Waals surface area contributed by atoms with Crippen LogP contribution in [0.1, 0.15) is 28.4 Å². The topological polar surface area (TPSA) is 86.1 Å². The summed E-state index contributed by atoms with van der Waals surface area (Å²) < 4.78 is 7.22. The molecule has 0 aliphatic heterocycles. The maximum absolute atomic E-state index is 12.7. The van der Waals surface area contributed by atoms with Gasteiger partial charge >= 0.3 is 5.97 Å². The van der Waals surface area contributed by atoms with Crippen molar-refractivity contribution >= 4 is 27.8 Å². The van der Waals surface area contributed by atoms with Crippen LogP contribution in [0, 0.1) is 0 Å². The third-order valence-corrected chi connectivity index (χ3v) is 4.46. The normalized spacial score (nSPS) is 11.6. The van der Waals surface area contributed by atoms with E-state index < -0.39 is 12.0 Å². The highest BCUT2D eigenvalue weighted by atomic mass is 79.9. The molecule has 138 valence electrons. The van der Waals surface area contributed by atoms with Gasteiger partial charge in [0, 0.05) is 10.0 Å². The molecule has 1 heterocycles. The van der Waals surface area contributed by atoms with E-state index in [0.717, 1.165) is 15.7 Å². The van der Waals surface area contributed by atoms with Gasteiger partial charge in [-0.25, -0.2) is 9.67 Å². The molecular formula is C19H17BrN4O3. The number of carbonyl (C=O) groups is 2. The SMILES string of the molecule is COC(=O)CC(NC(=O)c1ccc(-n2cncn2)cc1)c1cccc(Br)c1.